The molecule has 0 amide bonds. The summed E-state index contributed by atoms with van der Waals surface area (Å²) in [7, 11) is 0. The molecule has 1 aliphatic rings. The fourth-order valence-corrected chi connectivity index (χ4v) is 3.43. The van der Waals surface area contributed by atoms with Crippen molar-refractivity contribution in [2.75, 3.05) is 31.5 Å². The number of fused-ring (bicyclic) bond motifs is 1. The average Bonchev–Trinajstić information content (AvgIpc) is 3.05. The van der Waals surface area contributed by atoms with Gasteiger partial charge in [-0.1, -0.05) is 6.92 Å². The molecule has 96 valence electrons. The molecule has 1 N–H and O–H groups in total. The number of rotatable bonds is 4. The Balaban J connectivity index is 1.65. The molecule has 3 rings (SSSR count). The maximum Gasteiger partial charge on any atom is 0.134 e. The first-order valence-electron chi connectivity index (χ1n) is 6.65. The summed E-state index contributed by atoms with van der Waals surface area (Å²) < 4.78 is 1.31. The molecule has 1 unspecified atom stereocenters. The fraction of sp³-hybridized carbons (Fsp3) is 0.500. The SMILES string of the molecule is CCN1CCC(CNc2nccc3sccc23)C1. The van der Waals surface area contributed by atoms with Gasteiger partial charge in [0.05, 0.1) is 0 Å². The van der Waals surface area contributed by atoms with Crippen molar-refractivity contribution in [1.82, 2.24) is 9.88 Å². The highest BCUT2D eigenvalue weighted by Crippen LogP contribution is 2.26. The smallest absolute Gasteiger partial charge is 0.134 e. The van der Waals surface area contributed by atoms with Gasteiger partial charge in [0, 0.05) is 29.4 Å². The summed E-state index contributed by atoms with van der Waals surface area (Å²) in [6.45, 7) is 6.93. The van der Waals surface area contributed by atoms with Gasteiger partial charge in [-0.25, -0.2) is 4.98 Å². The molecular weight excluding hydrogens is 242 g/mol. The Labute approximate surface area is 112 Å². The molecule has 1 saturated heterocycles. The van der Waals surface area contributed by atoms with Crippen molar-refractivity contribution in [1.29, 1.82) is 0 Å². The number of nitrogens with one attached hydrogen (secondary N) is 1. The molecule has 1 aliphatic heterocycles. The van der Waals surface area contributed by atoms with Gasteiger partial charge in [-0.2, -0.15) is 0 Å². The highest BCUT2D eigenvalue weighted by Gasteiger charge is 2.20. The van der Waals surface area contributed by atoms with Gasteiger partial charge in [0.1, 0.15) is 5.82 Å². The number of hydrogen-bond donors (Lipinski definition) is 1. The number of pyridine rings is 1. The molecule has 0 spiro atoms. The Morgan fingerprint density at radius 3 is 3.28 bits per heavy atom. The number of aromatic nitrogens is 1. The molecule has 0 aromatic carbocycles. The van der Waals surface area contributed by atoms with Crippen LogP contribution in [-0.2, 0) is 0 Å². The summed E-state index contributed by atoms with van der Waals surface area (Å²) in [6.07, 6.45) is 3.20. The molecular formula is C14H19N3S. The number of likely N-dealkylation sites (tertiary alicyclic amines) is 1. The van der Waals surface area contributed by atoms with E-state index in [0.29, 0.717) is 0 Å². The molecule has 1 fully saturated rings. The minimum absolute atomic E-state index is 0.764. The van der Waals surface area contributed by atoms with Gasteiger partial charge >= 0.3 is 0 Å². The monoisotopic (exact) mass is 261 g/mol. The lowest BCUT2D eigenvalue weighted by Crippen LogP contribution is -2.22. The third-order valence-corrected chi connectivity index (χ3v) is 4.64. The lowest BCUT2D eigenvalue weighted by molar-refractivity contribution is 0.345. The van der Waals surface area contributed by atoms with E-state index in [1.807, 2.05) is 6.20 Å². The predicted molar refractivity (Wildman–Crippen MR) is 78.3 cm³/mol. The van der Waals surface area contributed by atoms with Crippen LogP contribution in [-0.4, -0.2) is 36.1 Å². The van der Waals surface area contributed by atoms with E-state index in [9.17, 15) is 0 Å². The number of nitrogens with zero attached hydrogens (tertiary/aromatic N) is 2. The van der Waals surface area contributed by atoms with E-state index in [2.05, 4.69) is 39.6 Å². The van der Waals surface area contributed by atoms with Crippen molar-refractivity contribution in [2.45, 2.75) is 13.3 Å². The Bertz CT molecular complexity index is 522. The Morgan fingerprint density at radius 1 is 1.50 bits per heavy atom. The fourth-order valence-electron chi connectivity index (χ4n) is 2.64. The van der Waals surface area contributed by atoms with Crippen LogP contribution in [0.5, 0.6) is 0 Å². The summed E-state index contributed by atoms with van der Waals surface area (Å²) >= 11 is 1.78. The molecule has 1 atom stereocenters. The quantitative estimate of drug-likeness (QED) is 0.917. The topological polar surface area (TPSA) is 28.2 Å². The van der Waals surface area contributed by atoms with Gasteiger partial charge in [0.15, 0.2) is 0 Å². The van der Waals surface area contributed by atoms with Crippen LogP contribution in [0, 0.1) is 5.92 Å². The van der Waals surface area contributed by atoms with Crippen LogP contribution in [0.4, 0.5) is 5.82 Å². The maximum absolute atomic E-state index is 4.46. The van der Waals surface area contributed by atoms with Crippen LogP contribution in [0.1, 0.15) is 13.3 Å². The third kappa shape index (κ3) is 2.35. The lowest BCUT2D eigenvalue weighted by Gasteiger charge is -2.14. The van der Waals surface area contributed by atoms with Crippen molar-refractivity contribution in [3.8, 4) is 0 Å². The molecule has 2 aromatic rings. The summed E-state index contributed by atoms with van der Waals surface area (Å²) in [5.74, 6) is 1.81. The average molecular weight is 261 g/mol. The summed E-state index contributed by atoms with van der Waals surface area (Å²) in [5, 5.41) is 6.92. The predicted octanol–water partition coefficient (Wildman–Crippen LogP) is 3.05. The van der Waals surface area contributed by atoms with Crippen LogP contribution in [0.3, 0.4) is 0 Å². The van der Waals surface area contributed by atoms with Gasteiger partial charge in [0.25, 0.3) is 0 Å². The van der Waals surface area contributed by atoms with E-state index in [1.54, 1.807) is 11.3 Å². The van der Waals surface area contributed by atoms with Gasteiger partial charge in [-0.3, -0.25) is 0 Å². The molecule has 0 bridgehead atoms. The highest BCUT2D eigenvalue weighted by atomic mass is 32.1. The second kappa shape index (κ2) is 5.24. The molecule has 3 heterocycles. The van der Waals surface area contributed by atoms with E-state index in [4.69, 9.17) is 0 Å². The molecule has 0 aliphatic carbocycles. The summed E-state index contributed by atoms with van der Waals surface area (Å²) in [6, 6.07) is 4.24. The second-order valence-electron chi connectivity index (χ2n) is 4.92. The van der Waals surface area contributed by atoms with Crippen molar-refractivity contribution in [2.24, 2.45) is 5.92 Å². The van der Waals surface area contributed by atoms with Gasteiger partial charge in [0.2, 0.25) is 0 Å². The molecule has 0 saturated carbocycles. The van der Waals surface area contributed by atoms with E-state index >= 15 is 0 Å². The third-order valence-electron chi connectivity index (χ3n) is 3.76. The molecule has 2 aromatic heterocycles. The van der Waals surface area contributed by atoms with E-state index in [-0.39, 0.29) is 0 Å². The highest BCUT2D eigenvalue weighted by molar-refractivity contribution is 7.17. The normalized spacial score (nSPS) is 20.6. The second-order valence-corrected chi connectivity index (χ2v) is 5.87. The Morgan fingerprint density at radius 2 is 2.44 bits per heavy atom. The Hall–Kier alpha value is -1.13. The zero-order valence-electron chi connectivity index (χ0n) is 10.7. The number of hydrogen-bond acceptors (Lipinski definition) is 4. The molecule has 18 heavy (non-hydrogen) atoms. The van der Waals surface area contributed by atoms with Gasteiger partial charge < -0.3 is 10.2 Å². The van der Waals surface area contributed by atoms with Crippen LogP contribution < -0.4 is 5.32 Å². The van der Waals surface area contributed by atoms with E-state index in [1.165, 1.54) is 36.1 Å². The first-order chi connectivity index (χ1) is 8.86. The largest absolute Gasteiger partial charge is 0.369 e. The maximum atomic E-state index is 4.46. The van der Waals surface area contributed by atoms with Crippen molar-refractivity contribution in [3.63, 3.8) is 0 Å². The minimum atomic E-state index is 0.764. The number of anilines is 1. The molecule has 0 radical (unpaired) electrons. The zero-order chi connectivity index (χ0) is 12.4. The zero-order valence-corrected chi connectivity index (χ0v) is 11.5. The molecule has 3 nitrogen and oxygen atoms in total. The van der Waals surface area contributed by atoms with Crippen LogP contribution >= 0.6 is 11.3 Å². The standard InChI is InChI=1S/C14H19N3S/c1-2-17-7-4-11(10-17)9-16-14-12-5-8-18-13(12)3-6-15-14/h3,5-6,8,11H,2,4,7,9-10H2,1H3,(H,15,16). The number of thiophene rings is 1. The van der Waals surface area contributed by atoms with Crippen molar-refractivity contribution >= 4 is 27.2 Å². The van der Waals surface area contributed by atoms with Gasteiger partial charge in [-0.05, 0) is 42.9 Å². The first kappa shape index (κ1) is 11.9. The lowest BCUT2D eigenvalue weighted by atomic mass is 10.1. The van der Waals surface area contributed by atoms with Crippen molar-refractivity contribution in [3.05, 3.63) is 23.7 Å². The van der Waals surface area contributed by atoms with Crippen molar-refractivity contribution < 1.29 is 0 Å². The Kier molecular flexibility index (Phi) is 3.48. The van der Waals surface area contributed by atoms with E-state index < -0.39 is 0 Å². The van der Waals surface area contributed by atoms with Gasteiger partial charge in [-0.15, -0.1) is 11.3 Å². The van der Waals surface area contributed by atoms with Crippen LogP contribution in [0.15, 0.2) is 23.7 Å². The first-order valence-corrected chi connectivity index (χ1v) is 7.53. The summed E-state index contributed by atoms with van der Waals surface area (Å²) in [5.41, 5.74) is 0. The summed E-state index contributed by atoms with van der Waals surface area (Å²) in [4.78, 5) is 6.98. The van der Waals surface area contributed by atoms with E-state index in [0.717, 1.165) is 18.3 Å². The minimum Gasteiger partial charge on any atom is -0.369 e. The molecule has 4 heteroatoms. The van der Waals surface area contributed by atoms with Crippen LogP contribution in [0.2, 0.25) is 0 Å². The van der Waals surface area contributed by atoms with Crippen LogP contribution in [0.25, 0.3) is 10.1 Å².